The lowest BCUT2D eigenvalue weighted by atomic mass is 10.0. The number of rotatable bonds is 5. The Kier molecular flexibility index (Phi) is 7.05. The monoisotopic (exact) mass is 526 g/mol. The van der Waals surface area contributed by atoms with Crippen LogP contribution in [0.1, 0.15) is 22.4 Å². The predicted molar refractivity (Wildman–Crippen MR) is 138 cm³/mol. The van der Waals surface area contributed by atoms with E-state index in [1.165, 1.54) is 24.3 Å². The van der Waals surface area contributed by atoms with Crippen molar-refractivity contribution in [2.45, 2.75) is 19.5 Å². The first-order chi connectivity index (χ1) is 17.4. The van der Waals surface area contributed by atoms with E-state index in [0.29, 0.717) is 35.6 Å². The van der Waals surface area contributed by atoms with Gasteiger partial charge in [0.2, 0.25) is 0 Å². The quantitative estimate of drug-likeness (QED) is 0.304. The molecule has 0 radical (unpaired) electrons. The fourth-order valence-electron chi connectivity index (χ4n) is 4.51. The van der Waals surface area contributed by atoms with Gasteiger partial charge in [-0.25, -0.2) is 18.6 Å². The molecule has 0 unspecified atom stereocenters. The summed E-state index contributed by atoms with van der Waals surface area (Å²) in [5, 5.41) is 3.90. The lowest BCUT2D eigenvalue weighted by Gasteiger charge is -2.27. The highest BCUT2D eigenvalue weighted by molar-refractivity contribution is 6.31. The Morgan fingerprint density at radius 1 is 1.11 bits per heavy atom. The molecule has 3 heterocycles. The van der Waals surface area contributed by atoms with E-state index in [9.17, 15) is 13.6 Å². The van der Waals surface area contributed by atoms with Gasteiger partial charge < -0.3 is 5.32 Å². The summed E-state index contributed by atoms with van der Waals surface area (Å²) in [6.45, 7) is 2.21. The van der Waals surface area contributed by atoms with Crippen LogP contribution >= 0.6 is 23.2 Å². The van der Waals surface area contributed by atoms with Crippen molar-refractivity contribution in [2.75, 3.05) is 13.1 Å². The van der Waals surface area contributed by atoms with E-state index >= 15 is 0 Å². The van der Waals surface area contributed by atoms with Crippen LogP contribution in [0.4, 0.5) is 13.6 Å². The van der Waals surface area contributed by atoms with Crippen molar-refractivity contribution in [2.24, 2.45) is 0 Å². The maximum Gasteiger partial charge on any atom is 0.326 e. The van der Waals surface area contributed by atoms with E-state index in [2.05, 4.69) is 15.2 Å². The molecule has 184 valence electrons. The molecule has 5 rings (SSSR count). The Morgan fingerprint density at radius 3 is 2.69 bits per heavy atom. The van der Waals surface area contributed by atoms with Gasteiger partial charge in [0.1, 0.15) is 16.8 Å². The molecule has 0 aliphatic carbocycles. The van der Waals surface area contributed by atoms with Crippen molar-refractivity contribution in [3.63, 3.8) is 0 Å². The number of nitrogens with zero attached hydrogens (tertiary/aromatic N) is 3. The molecule has 0 fully saturated rings. The zero-order chi connectivity index (χ0) is 25.2. The Morgan fingerprint density at radius 2 is 1.92 bits per heavy atom. The topological polar surface area (TPSA) is 50.2 Å². The van der Waals surface area contributed by atoms with E-state index in [0.717, 1.165) is 28.9 Å². The van der Waals surface area contributed by atoms with Gasteiger partial charge in [0, 0.05) is 49.9 Å². The number of hydrogen-bond acceptors (Lipinski definition) is 3. The second kappa shape index (κ2) is 10.4. The summed E-state index contributed by atoms with van der Waals surface area (Å²) in [4.78, 5) is 19.5. The smallest absolute Gasteiger partial charge is 0.326 e. The minimum atomic E-state index is -0.524. The minimum absolute atomic E-state index is 0.0357. The third-order valence-corrected chi connectivity index (χ3v) is 6.75. The van der Waals surface area contributed by atoms with Crippen molar-refractivity contribution in [3.05, 3.63) is 105 Å². The van der Waals surface area contributed by atoms with Gasteiger partial charge >= 0.3 is 6.03 Å². The normalized spacial score (nSPS) is 13.9. The number of carbonyl (C=O) groups is 1. The van der Waals surface area contributed by atoms with Gasteiger partial charge in [0.05, 0.1) is 10.5 Å². The summed E-state index contributed by atoms with van der Waals surface area (Å²) in [5.41, 5.74) is 4.05. The number of amides is 1. The van der Waals surface area contributed by atoms with Crippen molar-refractivity contribution in [1.29, 1.82) is 0 Å². The number of carbonyl (C=O) groups excluding carboxylic acids is 1. The fourth-order valence-corrected chi connectivity index (χ4v) is 4.87. The van der Waals surface area contributed by atoms with Crippen molar-refractivity contribution >= 4 is 46.2 Å². The molecule has 2 aromatic carbocycles. The number of fused-ring (bicyclic) bond motifs is 3. The summed E-state index contributed by atoms with van der Waals surface area (Å²) in [7, 11) is 0. The van der Waals surface area contributed by atoms with Crippen LogP contribution in [0.3, 0.4) is 0 Å². The predicted octanol–water partition coefficient (Wildman–Crippen LogP) is 6.45. The molecule has 4 aromatic rings. The molecule has 0 saturated heterocycles. The number of halogens is 4. The average Bonchev–Trinajstić information content (AvgIpc) is 3.16. The van der Waals surface area contributed by atoms with E-state index in [1.54, 1.807) is 35.0 Å². The first kappa shape index (κ1) is 24.4. The maximum absolute atomic E-state index is 14.4. The summed E-state index contributed by atoms with van der Waals surface area (Å²) < 4.78 is 29.2. The molecule has 1 N–H and O–H groups in total. The number of hydrogen-bond donors (Lipinski definition) is 1. The molecule has 9 heteroatoms. The Bertz CT molecular complexity index is 1470. The summed E-state index contributed by atoms with van der Waals surface area (Å²) in [5.74, 6) is -0.794. The van der Waals surface area contributed by atoms with Crippen molar-refractivity contribution in [1.82, 2.24) is 19.8 Å². The van der Waals surface area contributed by atoms with Crippen LogP contribution in [0.2, 0.25) is 10.2 Å². The highest BCUT2D eigenvalue weighted by Gasteiger charge is 2.27. The van der Waals surface area contributed by atoms with Gasteiger partial charge in [0.25, 0.3) is 0 Å². The van der Waals surface area contributed by atoms with E-state index in [4.69, 9.17) is 23.2 Å². The Labute approximate surface area is 216 Å². The standard InChI is InChI=1S/C27H22Cl2F2N4O/c28-22-14-25-20(13-23(22)31)21-16-34(10-1-2-17-3-5-19(30)6-4-17)11-8-24(21)35(25)27(36)33-15-18-7-9-32-26(29)12-18/h1-7,9,12-14H,8,10-11,15-16H2,(H,33,36). The van der Waals surface area contributed by atoms with E-state index in [1.807, 2.05) is 12.2 Å². The lowest BCUT2D eigenvalue weighted by molar-refractivity contribution is 0.240. The van der Waals surface area contributed by atoms with Gasteiger partial charge in [-0.15, -0.1) is 0 Å². The van der Waals surface area contributed by atoms with Gasteiger partial charge in [-0.3, -0.25) is 9.47 Å². The molecule has 1 amide bonds. The van der Waals surface area contributed by atoms with E-state index in [-0.39, 0.29) is 23.4 Å². The maximum atomic E-state index is 14.4. The molecule has 1 aliphatic heterocycles. The summed E-state index contributed by atoms with van der Waals surface area (Å²) in [6.07, 6.45) is 6.15. The molecule has 0 spiro atoms. The molecule has 0 saturated carbocycles. The van der Waals surface area contributed by atoms with Crippen LogP contribution in [0.5, 0.6) is 0 Å². The minimum Gasteiger partial charge on any atom is -0.333 e. The zero-order valence-corrected chi connectivity index (χ0v) is 20.7. The third kappa shape index (κ3) is 5.14. The first-order valence-electron chi connectivity index (χ1n) is 11.4. The summed E-state index contributed by atoms with van der Waals surface area (Å²) >= 11 is 12.1. The van der Waals surface area contributed by atoms with Crippen molar-refractivity contribution in [3.8, 4) is 0 Å². The lowest BCUT2D eigenvalue weighted by Crippen LogP contribution is -2.34. The van der Waals surface area contributed by atoms with Crippen LogP contribution in [-0.4, -0.2) is 33.6 Å². The Hall–Kier alpha value is -3.26. The molecule has 0 atom stereocenters. The van der Waals surface area contributed by atoms with Crippen LogP contribution in [-0.2, 0) is 19.5 Å². The first-order valence-corrected chi connectivity index (χ1v) is 12.2. The molecule has 1 aliphatic rings. The molecule has 0 bridgehead atoms. The molecule has 5 nitrogen and oxygen atoms in total. The van der Waals surface area contributed by atoms with Gasteiger partial charge in [-0.2, -0.15) is 0 Å². The highest BCUT2D eigenvalue weighted by Crippen LogP contribution is 2.34. The number of benzene rings is 2. The van der Waals surface area contributed by atoms with Crippen LogP contribution in [0.15, 0.2) is 60.8 Å². The van der Waals surface area contributed by atoms with Gasteiger partial charge in [-0.1, -0.05) is 47.5 Å². The van der Waals surface area contributed by atoms with Crippen molar-refractivity contribution < 1.29 is 13.6 Å². The fraction of sp³-hybridized carbons (Fsp3) is 0.185. The average molecular weight is 527 g/mol. The van der Waals surface area contributed by atoms with Crippen LogP contribution in [0.25, 0.3) is 17.0 Å². The Balaban J connectivity index is 1.40. The van der Waals surface area contributed by atoms with Gasteiger partial charge in [-0.05, 0) is 53.1 Å². The summed E-state index contributed by atoms with van der Waals surface area (Å²) in [6, 6.07) is 12.4. The highest BCUT2D eigenvalue weighted by atomic mass is 35.5. The molecular formula is C27H22Cl2F2N4O. The van der Waals surface area contributed by atoms with Gasteiger partial charge in [0.15, 0.2) is 0 Å². The number of pyridine rings is 1. The second-order valence-corrected chi connectivity index (χ2v) is 9.42. The van der Waals surface area contributed by atoms with E-state index < -0.39 is 5.82 Å². The SMILES string of the molecule is O=C(NCc1ccnc(Cl)c1)n1c2c(c3cc(F)c(Cl)cc31)CN(CC=Cc1ccc(F)cc1)CC2. The van der Waals surface area contributed by atoms with Crippen LogP contribution < -0.4 is 5.32 Å². The van der Waals surface area contributed by atoms with Crippen LogP contribution in [0, 0.1) is 11.6 Å². The number of nitrogens with one attached hydrogen (secondary N) is 1. The number of aromatic nitrogens is 2. The molecular weight excluding hydrogens is 505 g/mol. The largest absolute Gasteiger partial charge is 0.333 e. The second-order valence-electron chi connectivity index (χ2n) is 8.63. The molecule has 2 aromatic heterocycles. The molecule has 36 heavy (non-hydrogen) atoms. The third-order valence-electron chi connectivity index (χ3n) is 6.25. The zero-order valence-electron chi connectivity index (χ0n) is 19.1.